The molecular formula is C30H33FN8O2. The molecule has 10 nitrogen and oxygen atoms in total. The van der Waals surface area contributed by atoms with Gasteiger partial charge >= 0.3 is 0 Å². The van der Waals surface area contributed by atoms with E-state index < -0.39 is 6.17 Å². The number of hydrogen-bond acceptors (Lipinski definition) is 6. The summed E-state index contributed by atoms with van der Waals surface area (Å²) in [7, 11) is 5.49. The number of amides is 1. The number of para-hydroxylation sites is 1. The van der Waals surface area contributed by atoms with Crippen molar-refractivity contribution in [3.8, 4) is 17.3 Å². The fraction of sp³-hybridized carbons (Fsp3) is 0.367. The van der Waals surface area contributed by atoms with E-state index in [1.807, 2.05) is 29.5 Å². The van der Waals surface area contributed by atoms with Gasteiger partial charge in [0.25, 0.3) is 5.91 Å². The van der Waals surface area contributed by atoms with Crippen molar-refractivity contribution < 1.29 is 13.9 Å². The molecule has 5 aromatic rings. The molecule has 212 valence electrons. The summed E-state index contributed by atoms with van der Waals surface area (Å²) in [6.45, 7) is 2.81. The van der Waals surface area contributed by atoms with Crippen LogP contribution >= 0.6 is 0 Å². The third-order valence-corrected chi connectivity index (χ3v) is 8.31. The summed E-state index contributed by atoms with van der Waals surface area (Å²) in [6.07, 6.45) is 3.12. The summed E-state index contributed by atoms with van der Waals surface area (Å²) in [6, 6.07) is 11.7. The number of halogens is 1. The minimum absolute atomic E-state index is 0.0423. The number of hydrogen-bond donors (Lipinski definition) is 1. The maximum absolute atomic E-state index is 14.2. The highest BCUT2D eigenvalue weighted by molar-refractivity contribution is 6.01. The first-order valence-corrected chi connectivity index (χ1v) is 13.9. The van der Waals surface area contributed by atoms with Gasteiger partial charge in [-0.15, -0.1) is 0 Å². The summed E-state index contributed by atoms with van der Waals surface area (Å²) in [4.78, 5) is 22.3. The standard InChI is InChI=1S/C30H33FN8O2/c1-35-14-18(13-33-35)15-37-7-8-39-25(10-19-5-4-6-24(37)27(19)39)29-34-23-9-20(11-26(41-3)28(23)36(29)2)30(40)38-16-21(31)12-22(32)17-38/h4-6,9-11,13-14,21-22H,7-8,12,15-17,32H2,1-3H3/t21-,22-/m1/s1. The van der Waals surface area contributed by atoms with Gasteiger partial charge in [-0.1, -0.05) is 12.1 Å². The second-order valence-electron chi connectivity index (χ2n) is 11.2. The number of ether oxygens (including phenoxy) is 1. The maximum Gasteiger partial charge on any atom is 0.254 e. The zero-order valence-electron chi connectivity index (χ0n) is 23.4. The van der Waals surface area contributed by atoms with Gasteiger partial charge in [0, 0.05) is 69.0 Å². The average Bonchev–Trinajstić information content (AvgIpc) is 3.64. The number of methoxy groups -OCH3 is 1. The molecule has 0 unspecified atom stereocenters. The first-order chi connectivity index (χ1) is 19.8. The summed E-state index contributed by atoms with van der Waals surface area (Å²) < 4.78 is 26.1. The normalized spacial score (nSPS) is 19.0. The van der Waals surface area contributed by atoms with Crippen LogP contribution < -0.4 is 15.4 Å². The Morgan fingerprint density at radius 3 is 2.76 bits per heavy atom. The molecule has 11 heteroatoms. The van der Waals surface area contributed by atoms with Gasteiger partial charge in [0.1, 0.15) is 17.4 Å². The predicted molar refractivity (Wildman–Crippen MR) is 156 cm³/mol. The molecule has 2 atom stereocenters. The fourth-order valence-corrected chi connectivity index (χ4v) is 6.50. The lowest BCUT2D eigenvalue weighted by molar-refractivity contribution is 0.0606. The number of benzene rings is 2. The van der Waals surface area contributed by atoms with Gasteiger partial charge in [-0.3, -0.25) is 9.48 Å². The largest absolute Gasteiger partial charge is 0.494 e. The summed E-state index contributed by atoms with van der Waals surface area (Å²) in [5.41, 5.74) is 12.4. The van der Waals surface area contributed by atoms with Crippen molar-refractivity contribution in [2.75, 3.05) is 31.6 Å². The Labute approximate surface area is 236 Å². The highest BCUT2D eigenvalue weighted by atomic mass is 19.1. The lowest BCUT2D eigenvalue weighted by Crippen LogP contribution is -2.50. The minimum atomic E-state index is -1.12. The molecule has 0 spiro atoms. The molecule has 7 rings (SSSR count). The quantitative estimate of drug-likeness (QED) is 0.356. The number of likely N-dealkylation sites (tertiary alicyclic amines) is 1. The van der Waals surface area contributed by atoms with Crippen LogP contribution in [0.3, 0.4) is 0 Å². The van der Waals surface area contributed by atoms with Gasteiger partial charge in [-0.25, -0.2) is 9.37 Å². The number of imidazole rings is 1. The predicted octanol–water partition coefficient (Wildman–Crippen LogP) is 3.47. The molecule has 0 bridgehead atoms. The van der Waals surface area contributed by atoms with Crippen LogP contribution in [-0.2, 0) is 27.2 Å². The Hall–Kier alpha value is -4.38. The molecule has 2 aliphatic rings. The van der Waals surface area contributed by atoms with Crippen LogP contribution in [0, 0.1) is 0 Å². The topological polar surface area (TPSA) is 99.4 Å². The van der Waals surface area contributed by atoms with Crippen molar-refractivity contribution in [3.05, 3.63) is 59.9 Å². The number of aromatic nitrogens is 5. The second kappa shape index (κ2) is 9.62. The second-order valence-corrected chi connectivity index (χ2v) is 11.2. The van der Waals surface area contributed by atoms with E-state index in [1.54, 1.807) is 19.2 Å². The molecule has 2 aromatic carbocycles. The highest BCUT2D eigenvalue weighted by Gasteiger charge is 2.30. The van der Waals surface area contributed by atoms with E-state index in [9.17, 15) is 9.18 Å². The average molecular weight is 557 g/mol. The third-order valence-electron chi connectivity index (χ3n) is 8.31. The Morgan fingerprint density at radius 2 is 2.00 bits per heavy atom. The lowest BCUT2D eigenvalue weighted by Gasteiger charge is -2.33. The van der Waals surface area contributed by atoms with Crippen molar-refractivity contribution in [1.82, 2.24) is 28.8 Å². The summed E-state index contributed by atoms with van der Waals surface area (Å²) in [5, 5.41) is 5.48. The molecule has 0 saturated carbocycles. The first kappa shape index (κ1) is 25.6. The van der Waals surface area contributed by atoms with E-state index in [4.69, 9.17) is 15.5 Å². The summed E-state index contributed by atoms with van der Waals surface area (Å²) in [5.74, 6) is 1.06. The van der Waals surface area contributed by atoms with Crippen LogP contribution in [0.5, 0.6) is 5.75 Å². The van der Waals surface area contributed by atoms with Crippen LogP contribution in [0.2, 0.25) is 0 Å². The lowest BCUT2D eigenvalue weighted by atomic mass is 10.0. The fourth-order valence-electron chi connectivity index (χ4n) is 6.50. The number of carbonyl (C=O) groups is 1. The van der Waals surface area contributed by atoms with E-state index >= 15 is 0 Å². The molecule has 5 heterocycles. The Morgan fingerprint density at radius 1 is 1.15 bits per heavy atom. The van der Waals surface area contributed by atoms with Gasteiger partial charge in [0.15, 0.2) is 5.82 Å². The molecule has 1 saturated heterocycles. The van der Waals surface area contributed by atoms with Crippen LogP contribution in [0.4, 0.5) is 10.1 Å². The number of piperidine rings is 1. The maximum atomic E-state index is 14.2. The van der Waals surface area contributed by atoms with Crippen LogP contribution in [0.15, 0.2) is 48.8 Å². The van der Waals surface area contributed by atoms with Gasteiger partial charge < -0.3 is 29.4 Å². The van der Waals surface area contributed by atoms with Crippen molar-refractivity contribution in [2.45, 2.75) is 31.7 Å². The van der Waals surface area contributed by atoms with Gasteiger partial charge in [-0.05, 0) is 30.7 Å². The molecular weight excluding hydrogens is 523 g/mol. The van der Waals surface area contributed by atoms with E-state index in [-0.39, 0.29) is 24.9 Å². The molecule has 2 N–H and O–H groups in total. The SMILES string of the molecule is COc1cc(C(=O)N2C[C@H](N)C[C@@H](F)C2)cc2nc(-c3cc4cccc5c4n3CCN5Cc3cnn(C)c3)n(C)c12. The number of fused-ring (bicyclic) bond motifs is 1. The molecule has 1 fully saturated rings. The smallest absolute Gasteiger partial charge is 0.254 e. The van der Waals surface area contributed by atoms with Crippen molar-refractivity contribution in [3.63, 3.8) is 0 Å². The van der Waals surface area contributed by atoms with Crippen molar-refractivity contribution in [2.24, 2.45) is 19.8 Å². The third kappa shape index (κ3) is 4.22. The van der Waals surface area contributed by atoms with Crippen molar-refractivity contribution in [1.29, 1.82) is 0 Å². The monoisotopic (exact) mass is 556 g/mol. The number of nitrogens with two attached hydrogens (primary N) is 1. The highest BCUT2D eigenvalue weighted by Crippen LogP contribution is 2.39. The molecule has 1 amide bonds. The number of rotatable bonds is 5. The molecule has 2 aliphatic heterocycles. The Kier molecular flexibility index (Phi) is 6.00. The Bertz CT molecular complexity index is 1790. The number of anilines is 1. The van der Waals surface area contributed by atoms with Crippen LogP contribution in [0.25, 0.3) is 33.5 Å². The zero-order valence-corrected chi connectivity index (χ0v) is 23.4. The Balaban J connectivity index is 1.30. The van der Waals surface area contributed by atoms with Crippen molar-refractivity contribution >= 4 is 33.5 Å². The van der Waals surface area contributed by atoms with Gasteiger partial charge in [-0.2, -0.15) is 5.10 Å². The summed E-state index contributed by atoms with van der Waals surface area (Å²) >= 11 is 0. The zero-order chi connectivity index (χ0) is 28.4. The van der Waals surface area contributed by atoms with E-state index in [0.717, 1.165) is 42.1 Å². The first-order valence-electron chi connectivity index (χ1n) is 13.9. The molecule has 41 heavy (non-hydrogen) atoms. The van der Waals surface area contributed by atoms with Gasteiger partial charge in [0.05, 0.1) is 42.3 Å². The number of alkyl halides is 1. The van der Waals surface area contributed by atoms with Crippen LogP contribution in [-0.4, -0.2) is 73.7 Å². The van der Waals surface area contributed by atoms with E-state index in [0.29, 0.717) is 23.4 Å². The van der Waals surface area contributed by atoms with E-state index in [1.165, 1.54) is 21.7 Å². The molecule has 0 radical (unpaired) electrons. The molecule has 0 aliphatic carbocycles. The molecule has 3 aromatic heterocycles. The number of aryl methyl sites for hydroxylation is 2. The van der Waals surface area contributed by atoms with E-state index in [2.05, 4.69) is 45.0 Å². The van der Waals surface area contributed by atoms with Gasteiger partial charge in [0.2, 0.25) is 0 Å². The van der Waals surface area contributed by atoms with Crippen LogP contribution in [0.1, 0.15) is 22.3 Å². The number of carbonyl (C=O) groups excluding carboxylic acids is 1. The minimum Gasteiger partial charge on any atom is -0.494 e. The number of nitrogens with zero attached hydrogens (tertiary/aromatic N) is 7.